The van der Waals surface area contributed by atoms with Gasteiger partial charge >= 0.3 is 0 Å². The molecule has 1 atom stereocenters. The molecule has 1 aromatic carbocycles. The Morgan fingerprint density at radius 3 is 2.24 bits per heavy atom. The van der Waals surface area contributed by atoms with Gasteiger partial charge in [0.2, 0.25) is 5.91 Å². The standard InChI is InChI=1S/C21H32N2O2/c1-15(2)13-17-5-7-18(8-6-17)20(24)19-9-11-23(12-10-19)21(25)16(3)14-22-4/h5-8,15-16,19,22H,9-14H2,1-4H3. The second-order valence-electron chi connectivity index (χ2n) is 7.72. The van der Waals surface area contributed by atoms with E-state index in [1.165, 1.54) is 5.56 Å². The Morgan fingerprint density at radius 1 is 1.12 bits per heavy atom. The van der Waals surface area contributed by atoms with Crippen LogP contribution in [0.3, 0.4) is 0 Å². The van der Waals surface area contributed by atoms with Gasteiger partial charge in [-0.1, -0.05) is 45.0 Å². The minimum absolute atomic E-state index is 0.00856. The monoisotopic (exact) mass is 344 g/mol. The Balaban J connectivity index is 1.89. The molecule has 4 nitrogen and oxygen atoms in total. The zero-order valence-corrected chi connectivity index (χ0v) is 16.0. The maximum absolute atomic E-state index is 12.7. The third-order valence-corrected chi connectivity index (χ3v) is 4.99. The fourth-order valence-corrected chi connectivity index (χ4v) is 3.58. The van der Waals surface area contributed by atoms with Gasteiger partial charge in [0.25, 0.3) is 0 Å². The van der Waals surface area contributed by atoms with E-state index in [9.17, 15) is 9.59 Å². The van der Waals surface area contributed by atoms with E-state index in [2.05, 4.69) is 31.3 Å². The van der Waals surface area contributed by atoms with E-state index in [0.717, 1.165) is 24.8 Å². The van der Waals surface area contributed by atoms with Gasteiger partial charge in [-0.05, 0) is 37.8 Å². The summed E-state index contributed by atoms with van der Waals surface area (Å²) in [5, 5.41) is 3.05. The van der Waals surface area contributed by atoms with Gasteiger partial charge in [-0.25, -0.2) is 0 Å². The molecule has 1 unspecified atom stereocenters. The molecule has 0 aromatic heterocycles. The van der Waals surface area contributed by atoms with Crippen molar-refractivity contribution in [2.45, 2.75) is 40.0 Å². The van der Waals surface area contributed by atoms with E-state index >= 15 is 0 Å². The third kappa shape index (κ3) is 5.40. The van der Waals surface area contributed by atoms with Crippen LogP contribution in [0.1, 0.15) is 49.5 Å². The number of ketones is 1. The summed E-state index contributed by atoms with van der Waals surface area (Å²) in [6.07, 6.45) is 2.58. The highest BCUT2D eigenvalue weighted by Gasteiger charge is 2.29. The second kappa shape index (κ2) is 9.14. The summed E-state index contributed by atoms with van der Waals surface area (Å²) in [6, 6.07) is 8.08. The first-order valence-corrected chi connectivity index (χ1v) is 9.49. The van der Waals surface area contributed by atoms with Crippen LogP contribution in [0, 0.1) is 17.8 Å². The Hall–Kier alpha value is -1.68. The fourth-order valence-electron chi connectivity index (χ4n) is 3.58. The van der Waals surface area contributed by atoms with Crippen LogP contribution in [0.25, 0.3) is 0 Å². The summed E-state index contributed by atoms with van der Waals surface area (Å²) in [5.41, 5.74) is 2.09. The molecule has 25 heavy (non-hydrogen) atoms. The van der Waals surface area contributed by atoms with Crippen LogP contribution in [-0.2, 0) is 11.2 Å². The summed E-state index contributed by atoms with van der Waals surface area (Å²) in [7, 11) is 1.86. The molecule has 1 amide bonds. The zero-order chi connectivity index (χ0) is 18.4. The molecule has 0 aliphatic carbocycles. The number of carbonyl (C=O) groups is 2. The SMILES string of the molecule is CNCC(C)C(=O)N1CCC(C(=O)c2ccc(CC(C)C)cc2)CC1. The van der Waals surface area contributed by atoms with Crippen LogP contribution in [0.2, 0.25) is 0 Å². The summed E-state index contributed by atoms with van der Waals surface area (Å²) < 4.78 is 0. The maximum atomic E-state index is 12.7. The minimum Gasteiger partial charge on any atom is -0.342 e. The normalized spacial score (nSPS) is 16.9. The number of amides is 1. The van der Waals surface area contributed by atoms with Crippen LogP contribution in [0.4, 0.5) is 0 Å². The number of piperidine rings is 1. The first kappa shape index (κ1) is 19.6. The van der Waals surface area contributed by atoms with Gasteiger partial charge in [0.15, 0.2) is 5.78 Å². The molecule has 0 bridgehead atoms. The molecule has 1 aromatic rings. The largest absolute Gasteiger partial charge is 0.342 e. The maximum Gasteiger partial charge on any atom is 0.226 e. The molecule has 0 saturated carbocycles. The predicted molar refractivity (Wildman–Crippen MR) is 102 cm³/mol. The molecule has 1 N–H and O–H groups in total. The van der Waals surface area contributed by atoms with Crippen molar-refractivity contribution in [3.8, 4) is 0 Å². The highest BCUT2D eigenvalue weighted by Crippen LogP contribution is 2.23. The van der Waals surface area contributed by atoms with E-state index in [1.54, 1.807) is 0 Å². The van der Waals surface area contributed by atoms with Gasteiger partial charge < -0.3 is 10.2 Å². The Kier molecular flexibility index (Phi) is 7.18. The average Bonchev–Trinajstić information content (AvgIpc) is 2.61. The first-order valence-electron chi connectivity index (χ1n) is 9.49. The van der Waals surface area contributed by atoms with Gasteiger partial charge in [-0.3, -0.25) is 9.59 Å². The number of benzene rings is 1. The van der Waals surface area contributed by atoms with Crippen molar-refractivity contribution in [3.63, 3.8) is 0 Å². The summed E-state index contributed by atoms with van der Waals surface area (Å²) in [5.74, 6) is 1.07. The number of Topliss-reactive ketones (excluding diaryl/α,β-unsaturated/α-hetero) is 1. The van der Waals surface area contributed by atoms with Crippen molar-refractivity contribution in [2.24, 2.45) is 17.8 Å². The van der Waals surface area contributed by atoms with Crippen molar-refractivity contribution in [2.75, 3.05) is 26.7 Å². The molecular weight excluding hydrogens is 312 g/mol. The van der Waals surface area contributed by atoms with Crippen LogP contribution >= 0.6 is 0 Å². The second-order valence-corrected chi connectivity index (χ2v) is 7.72. The predicted octanol–water partition coefficient (Wildman–Crippen LogP) is 3.16. The van der Waals surface area contributed by atoms with E-state index in [-0.39, 0.29) is 23.5 Å². The Bertz CT molecular complexity index is 572. The molecule has 0 spiro atoms. The van der Waals surface area contributed by atoms with E-state index in [1.807, 2.05) is 31.0 Å². The van der Waals surface area contributed by atoms with Gasteiger partial charge in [0, 0.05) is 37.0 Å². The van der Waals surface area contributed by atoms with Gasteiger partial charge in [-0.15, -0.1) is 0 Å². The smallest absolute Gasteiger partial charge is 0.226 e. The van der Waals surface area contributed by atoms with Crippen LogP contribution < -0.4 is 5.32 Å². The molecule has 2 rings (SSSR count). The molecule has 1 fully saturated rings. The number of likely N-dealkylation sites (tertiary alicyclic amines) is 1. The van der Waals surface area contributed by atoms with E-state index in [4.69, 9.17) is 0 Å². The van der Waals surface area contributed by atoms with E-state index < -0.39 is 0 Å². The third-order valence-electron chi connectivity index (χ3n) is 4.99. The quantitative estimate of drug-likeness (QED) is 0.773. The number of hydrogen-bond acceptors (Lipinski definition) is 3. The number of rotatable bonds is 7. The van der Waals surface area contributed by atoms with Crippen molar-refractivity contribution in [3.05, 3.63) is 35.4 Å². The van der Waals surface area contributed by atoms with Crippen LogP contribution in [0.15, 0.2) is 24.3 Å². The van der Waals surface area contributed by atoms with Crippen molar-refractivity contribution < 1.29 is 9.59 Å². The van der Waals surface area contributed by atoms with Gasteiger partial charge in [0.1, 0.15) is 0 Å². The van der Waals surface area contributed by atoms with Gasteiger partial charge in [-0.2, -0.15) is 0 Å². The van der Waals surface area contributed by atoms with Crippen molar-refractivity contribution >= 4 is 11.7 Å². The number of nitrogens with zero attached hydrogens (tertiary/aromatic N) is 1. The number of hydrogen-bond donors (Lipinski definition) is 1. The lowest BCUT2D eigenvalue weighted by molar-refractivity contribution is -0.136. The van der Waals surface area contributed by atoms with Crippen molar-refractivity contribution in [1.29, 1.82) is 0 Å². The lowest BCUT2D eigenvalue weighted by Crippen LogP contribution is -2.44. The Morgan fingerprint density at radius 2 is 1.72 bits per heavy atom. The fraction of sp³-hybridized carbons (Fsp3) is 0.619. The Labute approximate surface area is 152 Å². The van der Waals surface area contributed by atoms with Crippen LogP contribution in [-0.4, -0.2) is 43.3 Å². The lowest BCUT2D eigenvalue weighted by atomic mass is 9.88. The zero-order valence-electron chi connectivity index (χ0n) is 16.0. The molecular formula is C21H32N2O2. The molecule has 1 saturated heterocycles. The lowest BCUT2D eigenvalue weighted by Gasteiger charge is -2.33. The molecule has 138 valence electrons. The van der Waals surface area contributed by atoms with Gasteiger partial charge in [0.05, 0.1) is 0 Å². The minimum atomic E-state index is -0.00856. The highest BCUT2D eigenvalue weighted by molar-refractivity contribution is 5.98. The number of carbonyl (C=O) groups excluding carboxylic acids is 2. The molecule has 1 aliphatic heterocycles. The summed E-state index contributed by atoms with van der Waals surface area (Å²) >= 11 is 0. The highest BCUT2D eigenvalue weighted by atomic mass is 16.2. The molecule has 1 aliphatic rings. The molecule has 0 radical (unpaired) electrons. The molecule has 4 heteroatoms. The average molecular weight is 344 g/mol. The van der Waals surface area contributed by atoms with Crippen LogP contribution in [0.5, 0.6) is 0 Å². The molecule has 1 heterocycles. The summed E-state index contributed by atoms with van der Waals surface area (Å²) in [6.45, 7) is 8.43. The van der Waals surface area contributed by atoms with E-state index in [0.29, 0.717) is 25.6 Å². The topological polar surface area (TPSA) is 49.4 Å². The number of nitrogens with one attached hydrogen (secondary N) is 1. The van der Waals surface area contributed by atoms with Crippen molar-refractivity contribution in [1.82, 2.24) is 10.2 Å². The first-order chi connectivity index (χ1) is 11.9. The summed E-state index contributed by atoms with van der Waals surface area (Å²) in [4.78, 5) is 27.0.